The third-order valence-corrected chi connectivity index (χ3v) is 6.33. The summed E-state index contributed by atoms with van der Waals surface area (Å²) >= 11 is 0. The number of amides is 1. The Morgan fingerprint density at radius 1 is 1.06 bits per heavy atom. The van der Waals surface area contributed by atoms with Crippen molar-refractivity contribution in [2.24, 2.45) is 0 Å². The molecule has 0 aliphatic carbocycles. The number of nitrogens with one attached hydrogen (secondary N) is 2. The van der Waals surface area contributed by atoms with Gasteiger partial charge in [0.05, 0.1) is 5.39 Å². The third kappa shape index (κ3) is 4.48. The Labute approximate surface area is 204 Å². The summed E-state index contributed by atoms with van der Waals surface area (Å²) < 4.78 is 6.31. The molecule has 178 valence electrons. The van der Waals surface area contributed by atoms with Crippen molar-refractivity contribution < 1.29 is 9.21 Å². The average molecular weight is 469 g/mol. The van der Waals surface area contributed by atoms with Crippen LogP contribution < -0.4 is 15.5 Å². The summed E-state index contributed by atoms with van der Waals surface area (Å²) in [6, 6.07) is 16.1. The van der Waals surface area contributed by atoms with Gasteiger partial charge in [0.15, 0.2) is 0 Å². The molecule has 2 aromatic heterocycles. The topological polar surface area (TPSA) is 86.5 Å². The molecule has 0 unspecified atom stereocenters. The molecule has 1 aliphatic heterocycles. The number of benzene rings is 2. The van der Waals surface area contributed by atoms with Gasteiger partial charge in [-0.25, -0.2) is 9.97 Å². The van der Waals surface area contributed by atoms with Gasteiger partial charge in [-0.3, -0.25) is 4.79 Å². The van der Waals surface area contributed by atoms with Gasteiger partial charge in [-0.15, -0.1) is 0 Å². The van der Waals surface area contributed by atoms with Crippen LogP contribution in [0.5, 0.6) is 0 Å². The van der Waals surface area contributed by atoms with Crippen molar-refractivity contribution in [2.75, 3.05) is 55.8 Å². The molecular formula is C27H28N6O2. The minimum Gasteiger partial charge on any atom is -0.437 e. The lowest BCUT2D eigenvalue weighted by Gasteiger charge is -2.34. The van der Waals surface area contributed by atoms with E-state index in [1.165, 1.54) is 18.1 Å². The van der Waals surface area contributed by atoms with Crippen molar-refractivity contribution >= 4 is 34.2 Å². The summed E-state index contributed by atoms with van der Waals surface area (Å²) in [4.78, 5) is 25.4. The lowest BCUT2D eigenvalue weighted by Crippen LogP contribution is -2.44. The van der Waals surface area contributed by atoms with E-state index in [-0.39, 0.29) is 5.91 Å². The van der Waals surface area contributed by atoms with E-state index >= 15 is 0 Å². The lowest BCUT2D eigenvalue weighted by molar-refractivity contribution is -0.111. The first kappa shape index (κ1) is 22.6. The van der Waals surface area contributed by atoms with E-state index in [4.69, 9.17) is 4.42 Å². The summed E-state index contributed by atoms with van der Waals surface area (Å²) in [5.41, 5.74) is 5.06. The minimum absolute atomic E-state index is 0.266. The molecule has 0 spiro atoms. The van der Waals surface area contributed by atoms with E-state index in [0.29, 0.717) is 23.0 Å². The summed E-state index contributed by atoms with van der Waals surface area (Å²) in [5, 5.41) is 6.78. The maximum atomic E-state index is 11.9. The van der Waals surface area contributed by atoms with Crippen molar-refractivity contribution in [3.05, 3.63) is 67.5 Å². The lowest BCUT2D eigenvalue weighted by atomic mass is 9.98. The molecule has 1 saturated heterocycles. The number of hydrogen-bond acceptors (Lipinski definition) is 7. The molecule has 0 bridgehead atoms. The second kappa shape index (κ2) is 9.60. The van der Waals surface area contributed by atoms with E-state index in [0.717, 1.165) is 48.3 Å². The van der Waals surface area contributed by atoms with Gasteiger partial charge in [0.1, 0.15) is 17.9 Å². The van der Waals surface area contributed by atoms with Crippen LogP contribution in [0.2, 0.25) is 0 Å². The van der Waals surface area contributed by atoms with Gasteiger partial charge in [0.2, 0.25) is 11.6 Å². The molecule has 1 amide bonds. The van der Waals surface area contributed by atoms with Crippen LogP contribution in [0.15, 0.2) is 71.9 Å². The fourth-order valence-corrected chi connectivity index (χ4v) is 4.44. The maximum Gasteiger partial charge on any atom is 0.247 e. The van der Waals surface area contributed by atoms with Gasteiger partial charge in [-0.1, -0.05) is 18.7 Å². The summed E-state index contributed by atoms with van der Waals surface area (Å²) in [5.74, 6) is 1.11. The van der Waals surface area contributed by atoms with Crippen LogP contribution in [0.3, 0.4) is 0 Å². The Bertz CT molecular complexity index is 1370. The highest BCUT2D eigenvalue weighted by molar-refractivity contribution is 6.06. The standard InChI is InChI=1S/C27H28N6O2/c1-4-22(34)31-20-7-5-6-19(16-20)23-24-26(28-2)29-17-30-27(24)35-25(23)18-8-10-21(11-9-18)33-14-12-32(3)13-15-33/h4-11,16-17H,1,12-15H2,2-3H3,(H,31,34)(H,28,29,30). The number of furan rings is 1. The molecule has 1 fully saturated rings. The molecule has 4 aromatic rings. The monoisotopic (exact) mass is 468 g/mol. The molecular weight excluding hydrogens is 440 g/mol. The molecule has 2 aromatic carbocycles. The Morgan fingerprint density at radius 3 is 2.54 bits per heavy atom. The number of carbonyl (C=O) groups is 1. The number of fused-ring (bicyclic) bond motifs is 1. The van der Waals surface area contributed by atoms with Crippen LogP contribution >= 0.6 is 0 Å². The number of likely N-dealkylation sites (N-methyl/N-ethyl adjacent to an activating group) is 1. The van der Waals surface area contributed by atoms with Crippen LogP contribution in [-0.2, 0) is 4.79 Å². The Balaban J connectivity index is 1.60. The highest BCUT2D eigenvalue weighted by Crippen LogP contribution is 2.43. The Morgan fingerprint density at radius 2 is 1.83 bits per heavy atom. The van der Waals surface area contributed by atoms with E-state index in [2.05, 4.69) is 68.3 Å². The molecule has 3 heterocycles. The Kier molecular flexibility index (Phi) is 6.20. The largest absolute Gasteiger partial charge is 0.437 e. The molecule has 8 heteroatoms. The number of carbonyl (C=O) groups excluding carboxylic acids is 1. The summed E-state index contributed by atoms with van der Waals surface area (Å²) in [7, 11) is 3.98. The number of piperazine rings is 1. The number of aromatic nitrogens is 2. The zero-order valence-corrected chi connectivity index (χ0v) is 19.9. The van der Waals surface area contributed by atoms with Gasteiger partial charge in [-0.2, -0.15) is 0 Å². The first-order valence-corrected chi connectivity index (χ1v) is 11.6. The molecule has 0 radical (unpaired) electrons. The molecule has 1 aliphatic rings. The first-order valence-electron chi connectivity index (χ1n) is 11.6. The van der Waals surface area contributed by atoms with Crippen molar-refractivity contribution in [3.8, 4) is 22.5 Å². The minimum atomic E-state index is -0.266. The fraction of sp³-hybridized carbons (Fsp3) is 0.222. The van der Waals surface area contributed by atoms with E-state index in [1.807, 2.05) is 31.3 Å². The second-order valence-electron chi connectivity index (χ2n) is 8.57. The quantitative estimate of drug-likeness (QED) is 0.404. The van der Waals surface area contributed by atoms with Gasteiger partial charge in [0, 0.05) is 55.7 Å². The van der Waals surface area contributed by atoms with Gasteiger partial charge < -0.3 is 24.9 Å². The number of anilines is 3. The fourth-order valence-electron chi connectivity index (χ4n) is 4.44. The van der Waals surface area contributed by atoms with Crippen molar-refractivity contribution in [1.29, 1.82) is 0 Å². The highest BCUT2D eigenvalue weighted by Gasteiger charge is 2.23. The van der Waals surface area contributed by atoms with E-state index in [9.17, 15) is 4.79 Å². The number of rotatable bonds is 6. The molecule has 0 saturated carbocycles. The zero-order chi connectivity index (χ0) is 24.4. The summed E-state index contributed by atoms with van der Waals surface area (Å²) in [6.07, 6.45) is 2.74. The number of nitrogens with zero attached hydrogens (tertiary/aromatic N) is 4. The van der Waals surface area contributed by atoms with Crippen molar-refractivity contribution in [1.82, 2.24) is 14.9 Å². The van der Waals surface area contributed by atoms with Crippen LogP contribution in [0.4, 0.5) is 17.2 Å². The average Bonchev–Trinajstić information content (AvgIpc) is 3.29. The van der Waals surface area contributed by atoms with Crippen molar-refractivity contribution in [3.63, 3.8) is 0 Å². The first-order chi connectivity index (χ1) is 17.1. The van der Waals surface area contributed by atoms with Crippen LogP contribution in [-0.4, -0.2) is 61.0 Å². The number of hydrogen-bond donors (Lipinski definition) is 2. The summed E-state index contributed by atoms with van der Waals surface area (Å²) in [6.45, 7) is 7.66. The predicted octanol–water partition coefficient (Wildman–Crippen LogP) is 4.47. The molecule has 0 atom stereocenters. The van der Waals surface area contributed by atoms with Crippen molar-refractivity contribution in [2.45, 2.75) is 0 Å². The Hall–Kier alpha value is -4.17. The SMILES string of the molecule is C=CC(=O)Nc1cccc(-c2c(-c3ccc(N4CCN(C)CC4)cc3)oc3ncnc(NC)c23)c1. The third-order valence-electron chi connectivity index (χ3n) is 6.33. The molecule has 8 nitrogen and oxygen atoms in total. The normalized spacial score (nSPS) is 14.2. The van der Waals surface area contributed by atoms with Crippen LogP contribution in [0.25, 0.3) is 33.6 Å². The van der Waals surface area contributed by atoms with Gasteiger partial charge in [0.25, 0.3) is 0 Å². The maximum absolute atomic E-state index is 11.9. The predicted molar refractivity (Wildman–Crippen MR) is 141 cm³/mol. The zero-order valence-electron chi connectivity index (χ0n) is 19.9. The van der Waals surface area contributed by atoms with E-state index < -0.39 is 0 Å². The van der Waals surface area contributed by atoms with Crippen LogP contribution in [0.1, 0.15) is 0 Å². The van der Waals surface area contributed by atoms with Gasteiger partial charge in [-0.05, 0) is 55.1 Å². The highest BCUT2D eigenvalue weighted by atomic mass is 16.3. The molecule has 35 heavy (non-hydrogen) atoms. The van der Waals surface area contributed by atoms with E-state index in [1.54, 1.807) is 0 Å². The molecule has 2 N–H and O–H groups in total. The van der Waals surface area contributed by atoms with Gasteiger partial charge >= 0.3 is 0 Å². The smallest absolute Gasteiger partial charge is 0.247 e. The second-order valence-corrected chi connectivity index (χ2v) is 8.57. The molecule has 5 rings (SSSR count). The van der Waals surface area contributed by atoms with Crippen LogP contribution in [0, 0.1) is 0 Å².